The monoisotopic (exact) mass is 214 g/mol. The topological polar surface area (TPSA) is 26.3 Å². The molecule has 1 rings (SSSR count). The third-order valence-corrected chi connectivity index (χ3v) is 2.39. The first-order valence-corrected chi connectivity index (χ1v) is 4.86. The Morgan fingerprint density at radius 2 is 2.46 bits per heavy atom. The van der Waals surface area contributed by atoms with Gasteiger partial charge in [0.2, 0.25) is 0 Å². The number of hydrogen-bond acceptors (Lipinski definition) is 3. The second kappa shape index (κ2) is 4.90. The molecule has 1 heterocycles. The second-order valence-electron chi connectivity index (χ2n) is 2.09. The number of thiophene rings is 1. The van der Waals surface area contributed by atoms with E-state index in [0.717, 1.165) is 4.88 Å². The van der Waals surface area contributed by atoms with E-state index < -0.39 is 0 Å². The first-order valence-electron chi connectivity index (χ1n) is 3.51. The molecule has 68 valence electrons. The van der Waals surface area contributed by atoms with Crippen molar-refractivity contribution < 1.29 is 9.53 Å². The van der Waals surface area contributed by atoms with E-state index in [4.69, 9.17) is 11.6 Å². The van der Waals surface area contributed by atoms with Crippen LogP contribution in [0.2, 0.25) is 0 Å². The van der Waals surface area contributed by atoms with E-state index in [1.165, 1.54) is 18.4 Å². The lowest BCUT2D eigenvalue weighted by Crippen LogP contribution is -1.96. The molecule has 0 saturated carbocycles. The number of halogens is 1. The largest absolute Gasteiger partial charge is 0.465 e. The van der Waals surface area contributed by atoms with E-state index in [2.05, 4.69) is 16.6 Å². The van der Waals surface area contributed by atoms with Crippen molar-refractivity contribution >= 4 is 28.9 Å². The van der Waals surface area contributed by atoms with Crippen LogP contribution in [0, 0.1) is 11.8 Å². The van der Waals surface area contributed by atoms with Gasteiger partial charge in [0, 0.05) is 0 Å². The zero-order valence-corrected chi connectivity index (χ0v) is 8.54. The molecule has 0 aliphatic rings. The molecule has 1 aromatic rings. The summed E-state index contributed by atoms with van der Waals surface area (Å²) in [5.41, 5.74) is 0. The first-order chi connectivity index (χ1) is 6.27. The fourth-order valence-corrected chi connectivity index (χ4v) is 1.60. The predicted octanol–water partition coefficient (Wildman–Crippen LogP) is 2.12. The number of ether oxygens (including phenoxy) is 1. The van der Waals surface area contributed by atoms with Crippen LogP contribution in [-0.2, 0) is 4.74 Å². The maximum atomic E-state index is 11.0. The Balaban J connectivity index is 2.80. The summed E-state index contributed by atoms with van der Waals surface area (Å²) < 4.78 is 4.55. The molecule has 2 nitrogen and oxygen atoms in total. The molecule has 0 unspecified atom stereocenters. The average Bonchev–Trinajstić information content (AvgIpc) is 2.62. The maximum absolute atomic E-state index is 11.0. The molecule has 4 heteroatoms. The SMILES string of the molecule is COC(=O)c1ccc(C#CCCl)s1. The van der Waals surface area contributed by atoms with Crippen LogP contribution in [0.1, 0.15) is 14.5 Å². The van der Waals surface area contributed by atoms with E-state index in [1.807, 2.05) is 0 Å². The molecule has 0 aliphatic heterocycles. The molecule has 0 atom stereocenters. The summed E-state index contributed by atoms with van der Waals surface area (Å²) in [6.45, 7) is 0. The molecule has 1 aromatic heterocycles. The third kappa shape index (κ3) is 2.76. The minimum absolute atomic E-state index is 0.297. The summed E-state index contributed by atoms with van der Waals surface area (Å²) in [4.78, 5) is 12.4. The van der Waals surface area contributed by atoms with Crippen LogP contribution in [0.4, 0.5) is 0 Å². The van der Waals surface area contributed by atoms with Crippen molar-refractivity contribution in [3.05, 3.63) is 21.9 Å². The van der Waals surface area contributed by atoms with E-state index in [0.29, 0.717) is 10.8 Å². The molecular weight excluding hydrogens is 208 g/mol. The number of rotatable bonds is 1. The number of alkyl halides is 1. The summed E-state index contributed by atoms with van der Waals surface area (Å²) >= 11 is 6.69. The van der Waals surface area contributed by atoms with Crippen molar-refractivity contribution in [2.45, 2.75) is 0 Å². The van der Waals surface area contributed by atoms with Crippen LogP contribution < -0.4 is 0 Å². The average molecular weight is 215 g/mol. The van der Waals surface area contributed by atoms with Gasteiger partial charge in [0.05, 0.1) is 17.9 Å². The number of carbonyl (C=O) groups is 1. The van der Waals surface area contributed by atoms with E-state index in [-0.39, 0.29) is 5.97 Å². The van der Waals surface area contributed by atoms with Crippen molar-refractivity contribution in [1.82, 2.24) is 0 Å². The maximum Gasteiger partial charge on any atom is 0.348 e. The molecule has 13 heavy (non-hydrogen) atoms. The summed E-state index contributed by atoms with van der Waals surface area (Å²) in [5.74, 6) is 5.50. The zero-order valence-electron chi connectivity index (χ0n) is 6.96. The predicted molar refractivity (Wildman–Crippen MR) is 53.3 cm³/mol. The molecule has 0 bridgehead atoms. The number of carbonyl (C=O) groups excluding carboxylic acids is 1. The van der Waals surface area contributed by atoms with Gasteiger partial charge < -0.3 is 4.74 Å². The summed E-state index contributed by atoms with van der Waals surface area (Å²) in [5, 5.41) is 0. The minimum Gasteiger partial charge on any atom is -0.465 e. The van der Waals surface area contributed by atoms with E-state index in [9.17, 15) is 4.79 Å². The zero-order chi connectivity index (χ0) is 9.68. The van der Waals surface area contributed by atoms with E-state index in [1.54, 1.807) is 12.1 Å². The summed E-state index contributed by atoms with van der Waals surface area (Å²) in [6.07, 6.45) is 0. The molecule has 0 amide bonds. The molecule has 0 spiro atoms. The van der Waals surface area contributed by atoms with Crippen molar-refractivity contribution in [1.29, 1.82) is 0 Å². The van der Waals surface area contributed by atoms with Crippen LogP contribution in [0.25, 0.3) is 0 Å². The van der Waals surface area contributed by atoms with Crippen LogP contribution in [-0.4, -0.2) is 19.0 Å². The third-order valence-electron chi connectivity index (χ3n) is 1.27. The Labute approximate surface area is 85.5 Å². The van der Waals surface area contributed by atoms with Gasteiger partial charge in [-0.25, -0.2) is 4.79 Å². The highest BCUT2D eigenvalue weighted by Gasteiger charge is 2.07. The van der Waals surface area contributed by atoms with Crippen LogP contribution in [0.15, 0.2) is 12.1 Å². The lowest BCUT2D eigenvalue weighted by atomic mass is 10.4. The van der Waals surface area contributed by atoms with Crippen molar-refractivity contribution in [2.75, 3.05) is 13.0 Å². The number of esters is 1. The van der Waals surface area contributed by atoms with Gasteiger partial charge in [-0.3, -0.25) is 0 Å². The van der Waals surface area contributed by atoms with Gasteiger partial charge in [0.15, 0.2) is 0 Å². The molecular formula is C9H7ClO2S. The van der Waals surface area contributed by atoms with Gasteiger partial charge in [0.1, 0.15) is 4.88 Å². The molecule has 0 radical (unpaired) electrons. The summed E-state index contributed by atoms with van der Waals surface area (Å²) in [7, 11) is 1.35. The Hall–Kier alpha value is -0.980. The van der Waals surface area contributed by atoms with Crippen molar-refractivity contribution in [2.24, 2.45) is 0 Å². The molecule has 0 aliphatic carbocycles. The standard InChI is InChI=1S/C9H7ClO2S/c1-12-9(11)8-5-4-7(13-8)3-2-6-10/h4-5H,6H2,1H3. The smallest absolute Gasteiger partial charge is 0.348 e. The Morgan fingerprint density at radius 3 is 3.08 bits per heavy atom. The van der Waals surface area contributed by atoms with Gasteiger partial charge in [-0.05, 0) is 12.1 Å². The summed E-state index contributed by atoms with van der Waals surface area (Å²) in [6, 6.07) is 3.46. The fraction of sp³-hybridized carbons (Fsp3) is 0.222. The normalized spacial score (nSPS) is 8.77. The Morgan fingerprint density at radius 1 is 1.69 bits per heavy atom. The lowest BCUT2D eigenvalue weighted by molar-refractivity contribution is 0.0606. The van der Waals surface area contributed by atoms with Crippen LogP contribution in [0.3, 0.4) is 0 Å². The lowest BCUT2D eigenvalue weighted by Gasteiger charge is -1.90. The van der Waals surface area contributed by atoms with Crippen molar-refractivity contribution in [3.8, 4) is 11.8 Å². The highest BCUT2D eigenvalue weighted by atomic mass is 35.5. The second-order valence-corrected chi connectivity index (χ2v) is 3.44. The fourth-order valence-electron chi connectivity index (χ4n) is 0.736. The Kier molecular flexibility index (Phi) is 3.81. The highest BCUT2D eigenvalue weighted by Crippen LogP contribution is 2.15. The minimum atomic E-state index is -0.330. The van der Waals surface area contributed by atoms with Crippen LogP contribution in [0.5, 0.6) is 0 Å². The molecule has 0 fully saturated rings. The van der Waals surface area contributed by atoms with Gasteiger partial charge in [-0.2, -0.15) is 0 Å². The Bertz CT molecular complexity index is 359. The highest BCUT2D eigenvalue weighted by molar-refractivity contribution is 7.14. The molecule has 0 saturated heterocycles. The quantitative estimate of drug-likeness (QED) is 0.407. The van der Waals surface area contributed by atoms with Gasteiger partial charge in [-0.1, -0.05) is 11.8 Å². The first kappa shape index (κ1) is 10.1. The van der Waals surface area contributed by atoms with E-state index >= 15 is 0 Å². The molecule has 0 aromatic carbocycles. The number of methoxy groups -OCH3 is 1. The molecule has 0 N–H and O–H groups in total. The van der Waals surface area contributed by atoms with Gasteiger partial charge in [-0.15, -0.1) is 22.9 Å². The van der Waals surface area contributed by atoms with Gasteiger partial charge >= 0.3 is 5.97 Å². The number of hydrogen-bond donors (Lipinski definition) is 0. The van der Waals surface area contributed by atoms with Crippen LogP contribution >= 0.6 is 22.9 Å². The van der Waals surface area contributed by atoms with Gasteiger partial charge in [0.25, 0.3) is 0 Å². The van der Waals surface area contributed by atoms with Crippen molar-refractivity contribution in [3.63, 3.8) is 0 Å².